The topological polar surface area (TPSA) is 38.1 Å². The van der Waals surface area contributed by atoms with E-state index >= 15 is 0 Å². The van der Waals surface area contributed by atoms with Gasteiger partial charge in [-0.2, -0.15) is 0 Å². The van der Waals surface area contributed by atoms with E-state index in [0.717, 1.165) is 41.5 Å². The Hall–Kier alpha value is -3.02. The van der Waals surface area contributed by atoms with Crippen molar-refractivity contribution in [3.8, 4) is 11.3 Å². The summed E-state index contributed by atoms with van der Waals surface area (Å²) in [4.78, 5) is 19.9. The zero-order valence-corrected chi connectivity index (χ0v) is 20.6. The number of carbonyl (C=O) groups excluding carboxylic acids is 1. The summed E-state index contributed by atoms with van der Waals surface area (Å²) in [6.07, 6.45) is 3.68. The summed E-state index contributed by atoms with van der Waals surface area (Å²) >= 11 is 7.62. The van der Waals surface area contributed by atoms with E-state index in [0.29, 0.717) is 10.8 Å². The van der Waals surface area contributed by atoms with Crippen molar-refractivity contribution in [3.63, 3.8) is 0 Å². The smallest absolute Gasteiger partial charge is 0.237 e. The minimum absolute atomic E-state index is 0.119. The van der Waals surface area contributed by atoms with Gasteiger partial charge in [0.25, 0.3) is 0 Å². The summed E-state index contributed by atoms with van der Waals surface area (Å²) in [5, 5.41) is 1.56. The van der Waals surface area contributed by atoms with Gasteiger partial charge in [-0.25, -0.2) is 4.98 Å². The second-order valence-corrected chi connectivity index (χ2v) is 9.93. The van der Waals surface area contributed by atoms with Gasteiger partial charge in [-0.3, -0.25) is 4.79 Å². The Kier molecular flexibility index (Phi) is 6.75. The number of aryl methyl sites for hydroxylation is 1. The lowest BCUT2D eigenvalue weighted by Gasteiger charge is -2.22. The summed E-state index contributed by atoms with van der Waals surface area (Å²) in [5.41, 5.74) is 5.64. The number of aromatic nitrogens is 2. The van der Waals surface area contributed by atoms with E-state index in [2.05, 4.69) is 41.8 Å². The minimum Gasteiger partial charge on any atom is -0.319 e. The standard InChI is InChI=1S/C28H26ClN3OS/c1-20-17-23-9-5-6-10-25(23)32(20)27(33)19-34-28-30-18-26(22-11-13-24(29)14-12-22)31(28)16-15-21-7-3-2-4-8-21/h2-14,18,20H,15-17,19H2,1H3. The lowest BCUT2D eigenvalue weighted by Crippen LogP contribution is -2.37. The number of imidazole rings is 1. The fraction of sp³-hybridized carbons (Fsp3) is 0.214. The molecule has 1 atom stereocenters. The number of fused-ring (bicyclic) bond motifs is 1. The fourth-order valence-corrected chi connectivity index (χ4v) is 5.56. The summed E-state index contributed by atoms with van der Waals surface area (Å²) < 4.78 is 2.22. The average Bonchev–Trinajstić information content (AvgIpc) is 3.42. The molecule has 0 saturated carbocycles. The molecule has 0 fully saturated rings. The van der Waals surface area contributed by atoms with Gasteiger partial charge in [0.15, 0.2) is 5.16 Å². The molecule has 0 aliphatic carbocycles. The third kappa shape index (κ3) is 4.77. The molecule has 0 radical (unpaired) electrons. The van der Waals surface area contributed by atoms with Crippen LogP contribution in [0.15, 0.2) is 90.2 Å². The number of hydrogen-bond donors (Lipinski definition) is 0. The molecule has 2 heterocycles. The number of carbonyl (C=O) groups is 1. The molecule has 34 heavy (non-hydrogen) atoms. The molecule has 3 aromatic carbocycles. The van der Waals surface area contributed by atoms with Gasteiger partial charge in [0, 0.05) is 23.3 Å². The highest BCUT2D eigenvalue weighted by Gasteiger charge is 2.30. The molecule has 4 aromatic rings. The first-order valence-electron chi connectivity index (χ1n) is 11.5. The summed E-state index contributed by atoms with van der Waals surface area (Å²) in [6.45, 7) is 2.89. The van der Waals surface area contributed by atoms with E-state index in [1.807, 2.05) is 59.6 Å². The fourth-order valence-electron chi connectivity index (χ4n) is 4.57. The van der Waals surface area contributed by atoms with E-state index in [1.165, 1.54) is 22.9 Å². The van der Waals surface area contributed by atoms with Crippen molar-refractivity contribution < 1.29 is 4.79 Å². The number of halogens is 1. The maximum atomic E-state index is 13.3. The van der Waals surface area contributed by atoms with Crippen molar-refractivity contribution in [2.45, 2.75) is 37.5 Å². The second kappa shape index (κ2) is 10.1. The number of amides is 1. The van der Waals surface area contributed by atoms with Gasteiger partial charge in [-0.05, 0) is 54.7 Å². The lowest BCUT2D eigenvalue weighted by atomic mass is 10.1. The molecule has 0 bridgehead atoms. The first kappa shape index (κ1) is 22.8. The number of nitrogens with zero attached hydrogens (tertiary/aromatic N) is 3. The van der Waals surface area contributed by atoms with Crippen LogP contribution < -0.4 is 4.90 Å². The van der Waals surface area contributed by atoms with E-state index in [1.54, 1.807) is 0 Å². The largest absolute Gasteiger partial charge is 0.319 e. The van der Waals surface area contributed by atoms with Crippen molar-refractivity contribution >= 4 is 35.0 Å². The average molecular weight is 488 g/mol. The molecule has 1 aliphatic heterocycles. The molecular formula is C28H26ClN3OS. The number of rotatable bonds is 7. The van der Waals surface area contributed by atoms with Gasteiger partial charge in [-0.1, -0.05) is 84.0 Å². The van der Waals surface area contributed by atoms with E-state index < -0.39 is 0 Å². The third-order valence-electron chi connectivity index (χ3n) is 6.23. The number of thioether (sulfide) groups is 1. The Morgan fingerprint density at radius 3 is 2.56 bits per heavy atom. The zero-order chi connectivity index (χ0) is 23.5. The quantitative estimate of drug-likeness (QED) is 0.279. The van der Waals surface area contributed by atoms with E-state index in [4.69, 9.17) is 16.6 Å². The van der Waals surface area contributed by atoms with Gasteiger partial charge in [0.05, 0.1) is 17.6 Å². The molecule has 1 unspecified atom stereocenters. The summed E-state index contributed by atoms with van der Waals surface area (Å²) in [5.74, 6) is 0.467. The molecule has 1 aromatic heterocycles. The molecule has 0 N–H and O–H groups in total. The van der Waals surface area contributed by atoms with Crippen molar-refractivity contribution in [1.29, 1.82) is 0 Å². The second-order valence-electron chi connectivity index (χ2n) is 8.55. The highest BCUT2D eigenvalue weighted by atomic mass is 35.5. The maximum absolute atomic E-state index is 13.3. The predicted molar refractivity (Wildman–Crippen MR) is 141 cm³/mol. The van der Waals surface area contributed by atoms with Crippen molar-refractivity contribution in [1.82, 2.24) is 9.55 Å². The van der Waals surface area contributed by atoms with Crippen LogP contribution in [0.3, 0.4) is 0 Å². The first-order valence-corrected chi connectivity index (χ1v) is 12.8. The molecular weight excluding hydrogens is 462 g/mol. The SMILES string of the molecule is CC1Cc2ccccc2N1C(=O)CSc1ncc(-c2ccc(Cl)cc2)n1CCc1ccccc1. The van der Waals surface area contributed by atoms with Crippen LogP contribution in [-0.2, 0) is 24.2 Å². The molecule has 5 rings (SSSR count). The predicted octanol–water partition coefficient (Wildman–Crippen LogP) is 6.52. The Morgan fingerprint density at radius 1 is 1.03 bits per heavy atom. The van der Waals surface area contributed by atoms with Crippen molar-refractivity contribution in [2.75, 3.05) is 10.7 Å². The van der Waals surface area contributed by atoms with Crippen LogP contribution in [0.4, 0.5) is 5.69 Å². The van der Waals surface area contributed by atoms with Crippen LogP contribution in [-0.4, -0.2) is 27.3 Å². The summed E-state index contributed by atoms with van der Waals surface area (Å²) in [6, 6.07) is 26.6. The highest BCUT2D eigenvalue weighted by molar-refractivity contribution is 7.99. The van der Waals surface area contributed by atoms with Crippen LogP contribution in [0.2, 0.25) is 5.02 Å². The van der Waals surface area contributed by atoms with Crippen LogP contribution in [0, 0.1) is 0 Å². The molecule has 0 saturated heterocycles. The Labute approximate surface area is 209 Å². The minimum atomic E-state index is 0.119. The first-order chi connectivity index (χ1) is 16.6. The van der Waals surface area contributed by atoms with Gasteiger partial charge >= 0.3 is 0 Å². The molecule has 0 spiro atoms. The van der Waals surface area contributed by atoms with Crippen LogP contribution in [0.25, 0.3) is 11.3 Å². The maximum Gasteiger partial charge on any atom is 0.237 e. The molecule has 1 aliphatic rings. The normalized spacial score (nSPS) is 14.9. The molecule has 1 amide bonds. The van der Waals surface area contributed by atoms with Gasteiger partial charge in [0.2, 0.25) is 5.91 Å². The molecule has 4 nitrogen and oxygen atoms in total. The number of para-hydroxylation sites is 1. The van der Waals surface area contributed by atoms with Crippen LogP contribution >= 0.6 is 23.4 Å². The highest BCUT2D eigenvalue weighted by Crippen LogP contribution is 2.33. The lowest BCUT2D eigenvalue weighted by molar-refractivity contribution is -0.116. The van der Waals surface area contributed by atoms with Gasteiger partial charge in [-0.15, -0.1) is 0 Å². The van der Waals surface area contributed by atoms with Crippen molar-refractivity contribution in [2.24, 2.45) is 0 Å². The van der Waals surface area contributed by atoms with Crippen molar-refractivity contribution in [3.05, 3.63) is 101 Å². The zero-order valence-electron chi connectivity index (χ0n) is 19.0. The van der Waals surface area contributed by atoms with Crippen LogP contribution in [0.5, 0.6) is 0 Å². The number of anilines is 1. The Morgan fingerprint density at radius 2 is 1.76 bits per heavy atom. The monoisotopic (exact) mass is 487 g/mol. The van der Waals surface area contributed by atoms with Gasteiger partial charge in [0.1, 0.15) is 0 Å². The molecule has 172 valence electrons. The number of hydrogen-bond acceptors (Lipinski definition) is 3. The Bertz CT molecular complexity index is 1290. The van der Waals surface area contributed by atoms with Crippen LogP contribution in [0.1, 0.15) is 18.1 Å². The molecule has 6 heteroatoms. The van der Waals surface area contributed by atoms with E-state index in [9.17, 15) is 4.79 Å². The third-order valence-corrected chi connectivity index (χ3v) is 7.45. The summed E-state index contributed by atoms with van der Waals surface area (Å²) in [7, 11) is 0. The number of benzene rings is 3. The Balaban J connectivity index is 1.37. The van der Waals surface area contributed by atoms with Gasteiger partial charge < -0.3 is 9.47 Å². The van der Waals surface area contributed by atoms with E-state index in [-0.39, 0.29) is 11.9 Å².